The number of hydrazone groups is 1. The fourth-order valence-corrected chi connectivity index (χ4v) is 4.91. The van der Waals surface area contributed by atoms with E-state index in [9.17, 15) is 4.79 Å². The number of aromatic nitrogens is 2. The summed E-state index contributed by atoms with van der Waals surface area (Å²) >= 11 is 5.84. The highest BCUT2D eigenvalue weighted by molar-refractivity contribution is 6.29. The van der Waals surface area contributed by atoms with E-state index < -0.39 is 0 Å². The molecule has 4 aliphatic heterocycles. The van der Waals surface area contributed by atoms with Gasteiger partial charge >= 0.3 is 0 Å². The van der Waals surface area contributed by atoms with Crippen LogP contribution in [0.15, 0.2) is 46.2 Å². The molecule has 1 aromatic heterocycles. The molecule has 10 heteroatoms. The third kappa shape index (κ3) is 4.02. The number of hydrogen-bond donors (Lipinski definition) is 1. The lowest BCUT2D eigenvalue weighted by molar-refractivity contribution is 0.0581. The number of halogens is 1. The van der Waals surface area contributed by atoms with Crippen LogP contribution in [0.1, 0.15) is 43.1 Å². The average molecular weight is 455 g/mol. The molecule has 2 saturated heterocycles. The minimum atomic E-state index is -0.122. The van der Waals surface area contributed by atoms with Crippen LogP contribution >= 0.6 is 11.6 Å². The fourth-order valence-electron chi connectivity index (χ4n) is 4.82. The molecule has 0 radical (unpaired) electrons. The van der Waals surface area contributed by atoms with Gasteiger partial charge in [0.05, 0.1) is 12.4 Å². The van der Waals surface area contributed by atoms with Crippen LogP contribution in [-0.4, -0.2) is 74.5 Å². The summed E-state index contributed by atoms with van der Waals surface area (Å²) in [7, 11) is 0. The summed E-state index contributed by atoms with van der Waals surface area (Å²) in [6.07, 6.45) is 12.8. The van der Waals surface area contributed by atoms with Crippen LogP contribution < -0.4 is 5.73 Å². The Morgan fingerprint density at radius 3 is 2.81 bits per heavy atom. The van der Waals surface area contributed by atoms with Crippen LogP contribution in [0, 0.1) is 5.92 Å². The molecule has 32 heavy (non-hydrogen) atoms. The van der Waals surface area contributed by atoms with Crippen molar-refractivity contribution < 1.29 is 4.79 Å². The molecule has 2 N–H and O–H groups in total. The smallest absolute Gasteiger partial charge is 0.274 e. The van der Waals surface area contributed by atoms with Crippen LogP contribution in [0.3, 0.4) is 0 Å². The second kappa shape index (κ2) is 8.63. The zero-order valence-electron chi connectivity index (χ0n) is 18.1. The van der Waals surface area contributed by atoms with E-state index in [2.05, 4.69) is 33.0 Å². The highest BCUT2D eigenvalue weighted by atomic mass is 35.5. The number of nitrogens with two attached hydrogens (primary N) is 1. The Morgan fingerprint density at radius 2 is 2.06 bits per heavy atom. The van der Waals surface area contributed by atoms with Crippen molar-refractivity contribution in [3.8, 4) is 0 Å². The van der Waals surface area contributed by atoms with Gasteiger partial charge in [-0.25, -0.2) is 20.0 Å². The molecular weight excluding hydrogens is 428 g/mol. The maximum absolute atomic E-state index is 13.2. The van der Waals surface area contributed by atoms with Crippen molar-refractivity contribution in [1.82, 2.24) is 24.8 Å². The van der Waals surface area contributed by atoms with E-state index in [1.54, 1.807) is 0 Å². The molecule has 2 fully saturated rings. The maximum atomic E-state index is 13.2. The lowest BCUT2D eigenvalue weighted by Crippen LogP contribution is -2.48. The molecule has 1 aromatic rings. The molecule has 3 atom stereocenters. The fraction of sp³-hybridized carbons (Fsp3) is 0.500. The molecule has 0 aliphatic carbocycles. The molecule has 5 rings (SSSR count). The van der Waals surface area contributed by atoms with E-state index >= 15 is 0 Å². The van der Waals surface area contributed by atoms with E-state index in [4.69, 9.17) is 22.3 Å². The summed E-state index contributed by atoms with van der Waals surface area (Å²) in [5, 5.41) is 6.73. The highest BCUT2D eigenvalue weighted by Gasteiger charge is 2.35. The van der Waals surface area contributed by atoms with Crippen LogP contribution in [0.2, 0.25) is 5.15 Å². The van der Waals surface area contributed by atoms with Gasteiger partial charge in [0, 0.05) is 55.6 Å². The summed E-state index contributed by atoms with van der Waals surface area (Å²) in [5.41, 5.74) is 7.49. The zero-order valence-corrected chi connectivity index (χ0v) is 18.8. The molecule has 4 aliphatic rings. The van der Waals surface area contributed by atoms with Gasteiger partial charge in [-0.15, -0.1) is 0 Å². The van der Waals surface area contributed by atoms with Crippen LogP contribution in [0.25, 0.3) is 0 Å². The van der Waals surface area contributed by atoms with E-state index in [0.717, 1.165) is 56.0 Å². The van der Waals surface area contributed by atoms with Crippen LogP contribution in [0.5, 0.6) is 0 Å². The topological polar surface area (TPSA) is 103 Å². The predicted octanol–water partition coefficient (Wildman–Crippen LogP) is 2.23. The normalized spacial score (nSPS) is 27.7. The first-order valence-electron chi connectivity index (χ1n) is 11.1. The Labute approximate surface area is 192 Å². The number of hydrogen-bond acceptors (Lipinski definition) is 8. The lowest BCUT2D eigenvalue weighted by Gasteiger charge is -2.40. The third-order valence-corrected chi connectivity index (χ3v) is 6.64. The predicted molar refractivity (Wildman–Crippen MR) is 123 cm³/mol. The molecule has 5 heterocycles. The Kier molecular flexibility index (Phi) is 5.69. The second-order valence-electron chi connectivity index (χ2n) is 8.74. The summed E-state index contributed by atoms with van der Waals surface area (Å²) in [5.74, 6) is 1.61. The quantitative estimate of drug-likeness (QED) is 0.735. The number of amidine groups is 1. The number of rotatable bonds is 2. The van der Waals surface area contributed by atoms with Gasteiger partial charge in [0.15, 0.2) is 5.82 Å². The number of amides is 1. The van der Waals surface area contributed by atoms with E-state index in [-0.39, 0.29) is 29.1 Å². The molecule has 3 unspecified atom stereocenters. The van der Waals surface area contributed by atoms with Crippen molar-refractivity contribution in [3.63, 3.8) is 0 Å². The summed E-state index contributed by atoms with van der Waals surface area (Å²) < 4.78 is 0. The van der Waals surface area contributed by atoms with Crippen molar-refractivity contribution in [3.05, 3.63) is 46.9 Å². The number of carbonyl (C=O) groups is 1. The molecular formula is C22H27ClN8O. The molecule has 0 saturated carbocycles. The van der Waals surface area contributed by atoms with Gasteiger partial charge in [-0.2, -0.15) is 5.10 Å². The van der Waals surface area contributed by atoms with Gasteiger partial charge in [0.1, 0.15) is 16.7 Å². The summed E-state index contributed by atoms with van der Waals surface area (Å²) in [6, 6.07) is 0.186. The Bertz CT molecular complexity index is 1020. The Hall–Kier alpha value is -2.78. The summed E-state index contributed by atoms with van der Waals surface area (Å²) in [4.78, 5) is 30.5. The Morgan fingerprint density at radius 1 is 1.19 bits per heavy atom. The van der Waals surface area contributed by atoms with Gasteiger partial charge in [0.2, 0.25) is 0 Å². The van der Waals surface area contributed by atoms with Gasteiger partial charge in [0.25, 0.3) is 5.91 Å². The van der Waals surface area contributed by atoms with Crippen molar-refractivity contribution in [2.45, 2.75) is 44.7 Å². The SMILES string of the molecule is CC1=CN2N=CC(C3CCCCN3C(=O)c3cnc(Cl)cn3)C=C2N=C1N1CCC(N)C1. The van der Waals surface area contributed by atoms with Crippen molar-refractivity contribution in [2.24, 2.45) is 21.7 Å². The van der Waals surface area contributed by atoms with E-state index in [0.29, 0.717) is 12.2 Å². The molecule has 0 spiro atoms. The molecule has 0 aromatic carbocycles. The standard InChI is InChI=1S/C22H27ClN8O/c1-14-12-31-20(28-21(14)29-7-5-16(24)13-29)8-15(9-27-31)18-4-2-3-6-30(18)22(32)17-10-26-19(23)11-25-17/h8-12,15-16,18H,2-7,13,24H2,1H3. The van der Waals surface area contributed by atoms with Crippen LogP contribution in [0.4, 0.5) is 0 Å². The monoisotopic (exact) mass is 454 g/mol. The van der Waals surface area contributed by atoms with Gasteiger partial charge < -0.3 is 15.5 Å². The number of aliphatic imine (C=N–C) groups is 1. The van der Waals surface area contributed by atoms with Crippen molar-refractivity contribution >= 4 is 29.6 Å². The molecule has 168 valence electrons. The van der Waals surface area contributed by atoms with Crippen molar-refractivity contribution in [2.75, 3.05) is 19.6 Å². The van der Waals surface area contributed by atoms with Gasteiger partial charge in [-0.1, -0.05) is 11.6 Å². The zero-order chi connectivity index (χ0) is 22.2. The van der Waals surface area contributed by atoms with E-state index in [1.165, 1.54) is 12.4 Å². The highest BCUT2D eigenvalue weighted by Crippen LogP contribution is 2.31. The second-order valence-corrected chi connectivity index (χ2v) is 9.13. The van der Waals surface area contributed by atoms with E-state index in [1.807, 2.05) is 22.3 Å². The largest absolute Gasteiger partial charge is 0.355 e. The van der Waals surface area contributed by atoms with Crippen molar-refractivity contribution in [1.29, 1.82) is 0 Å². The van der Waals surface area contributed by atoms with Crippen LogP contribution in [-0.2, 0) is 0 Å². The molecule has 9 nitrogen and oxygen atoms in total. The molecule has 1 amide bonds. The number of fused-ring (bicyclic) bond motifs is 1. The van der Waals surface area contributed by atoms with Gasteiger partial charge in [-0.05, 0) is 38.7 Å². The first-order valence-corrected chi connectivity index (χ1v) is 11.5. The molecule has 0 bridgehead atoms. The number of nitrogens with zero attached hydrogens (tertiary/aromatic N) is 7. The first kappa shape index (κ1) is 21.1. The summed E-state index contributed by atoms with van der Waals surface area (Å²) in [6.45, 7) is 4.47. The maximum Gasteiger partial charge on any atom is 0.274 e. The average Bonchev–Trinajstić information content (AvgIpc) is 3.24. The number of piperidine rings is 1. The minimum absolute atomic E-state index is 0.00186. The third-order valence-electron chi connectivity index (χ3n) is 6.45. The minimum Gasteiger partial charge on any atom is -0.355 e. The number of likely N-dealkylation sites (tertiary alicyclic amines) is 2. The van der Waals surface area contributed by atoms with Gasteiger partial charge in [-0.3, -0.25) is 4.79 Å². The Balaban J connectivity index is 1.40. The number of carbonyl (C=O) groups excluding carboxylic acids is 1. The first-order chi connectivity index (χ1) is 15.5. The lowest BCUT2D eigenvalue weighted by atomic mass is 9.89.